The lowest BCUT2D eigenvalue weighted by Crippen LogP contribution is -2.56. The van der Waals surface area contributed by atoms with Crippen LogP contribution in [0.25, 0.3) is 22.4 Å². The Balaban J connectivity index is 1.41. The first-order valence-corrected chi connectivity index (χ1v) is 18.3. The summed E-state index contributed by atoms with van der Waals surface area (Å²) in [6.45, 7) is -0.240. The van der Waals surface area contributed by atoms with Crippen molar-refractivity contribution in [3.05, 3.63) is 208 Å². The van der Waals surface area contributed by atoms with Crippen LogP contribution in [0.3, 0.4) is 0 Å². The molecule has 9 heteroatoms. The van der Waals surface area contributed by atoms with Crippen LogP contribution in [0.5, 0.6) is 0 Å². The molecule has 4 aromatic heterocycles. The first kappa shape index (κ1) is 31.1. The number of aryl methyl sites for hydroxylation is 2. The molecule has 7 aromatic rings. The van der Waals surface area contributed by atoms with Gasteiger partial charge in [0.1, 0.15) is 16.9 Å². The SMILES string of the molecule is Cc1ccc(C2=c3ccc([nH]3)=C3C=CC4=[N+]3[B-](F)(F)n3c(ccc3=c3ccc([nH]3)=C(c3ccc(C)cc3)c3ccc2o3)=C4c2ccc(I)cc2)cc1. The van der Waals surface area contributed by atoms with Gasteiger partial charge in [0.2, 0.25) is 0 Å². The van der Waals surface area contributed by atoms with E-state index in [0.717, 1.165) is 58.8 Å². The fraction of sp³-hybridized carbons (Fsp3) is 0.0465. The van der Waals surface area contributed by atoms with Crippen LogP contribution in [0.4, 0.5) is 8.63 Å². The third-order valence-electron chi connectivity index (χ3n) is 10.3. The van der Waals surface area contributed by atoms with Gasteiger partial charge in [-0.3, -0.25) is 0 Å². The van der Waals surface area contributed by atoms with E-state index >= 15 is 8.63 Å². The zero-order valence-electron chi connectivity index (χ0n) is 28.2. The fourth-order valence-corrected chi connectivity index (χ4v) is 8.22. The maximum absolute atomic E-state index is 17.5. The van der Waals surface area contributed by atoms with Gasteiger partial charge in [-0.15, -0.1) is 0 Å². The molecule has 7 heterocycles. The van der Waals surface area contributed by atoms with E-state index in [1.165, 1.54) is 8.96 Å². The summed E-state index contributed by atoms with van der Waals surface area (Å²) in [5.41, 5.74) is 8.33. The van der Waals surface area contributed by atoms with Gasteiger partial charge in [0.25, 0.3) is 0 Å². The number of hydrogen-bond acceptors (Lipinski definition) is 1. The average Bonchev–Trinajstić information content (AvgIpc) is 3.98. The van der Waals surface area contributed by atoms with Crippen LogP contribution in [-0.4, -0.2) is 31.6 Å². The van der Waals surface area contributed by atoms with Gasteiger partial charge < -0.3 is 32.0 Å². The zero-order valence-corrected chi connectivity index (χ0v) is 30.4. The quantitative estimate of drug-likeness (QED) is 0.160. The van der Waals surface area contributed by atoms with Crippen LogP contribution in [0.1, 0.15) is 39.3 Å². The number of H-pyrrole nitrogens is 2. The Hall–Kier alpha value is -5.68. The van der Waals surface area contributed by atoms with Crippen molar-refractivity contribution in [1.29, 1.82) is 0 Å². The molecule has 0 saturated carbocycles. The average molecular weight is 794 g/mol. The van der Waals surface area contributed by atoms with Gasteiger partial charge in [0, 0.05) is 37.6 Å². The van der Waals surface area contributed by atoms with Crippen LogP contribution < -0.4 is 21.4 Å². The normalized spacial score (nSPS) is 15.6. The molecule has 0 aliphatic carbocycles. The van der Waals surface area contributed by atoms with Crippen molar-refractivity contribution in [3.63, 3.8) is 0 Å². The van der Waals surface area contributed by atoms with E-state index in [9.17, 15) is 0 Å². The van der Waals surface area contributed by atoms with Gasteiger partial charge >= 0.3 is 6.97 Å². The van der Waals surface area contributed by atoms with Crippen molar-refractivity contribution in [2.45, 2.75) is 13.8 Å². The van der Waals surface area contributed by atoms with E-state index in [2.05, 4.69) is 94.9 Å². The van der Waals surface area contributed by atoms with Crippen LogP contribution in [-0.2, 0) is 0 Å². The third kappa shape index (κ3) is 4.68. The monoisotopic (exact) mass is 794 g/mol. The Morgan fingerprint density at radius 1 is 0.558 bits per heavy atom. The lowest BCUT2D eigenvalue weighted by atomic mass is 9.88. The van der Waals surface area contributed by atoms with Crippen LogP contribution >= 0.6 is 22.6 Å². The predicted octanol–water partition coefficient (Wildman–Crippen LogP) is 6.32. The Morgan fingerprint density at radius 2 is 1.06 bits per heavy atom. The molecule has 8 bridgehead atoms. The number of furan rings is 1. The maximum Gasteiger partial charge on any atom is 0.738 e. The minimum atomic E-state index is -4.35. The summed E-state index contributed by atoms with van der Waals surface area (Å²) in [7, 11) is 0. The van der Waals surface area contributed by atoms with Crippen molar-refractivity contribution in [1.82, 2.24) is 14.4 Å². The lowest BCUT2D eigenvalue weighted by Gasteiger charge is -2.29. The van der Waals surface area contributed by atoms with E-state index in [4.69, 9.17) is 4.42 Å². The standard InChI is InChI=1S/C43H30BF2IN4O/c1-25-3-7-27(8-4-25)41-33-17-15-31(48-33)35-19-21-37-43(29-11-13-30(47)14-12-29)38-22-20-36(51(38)44(45,46)50(35)37)32-16-18-34(49-32)42(40-24-23-39(41)52-40)28-9-5-26(2)6-10-28/h3-24,48-49H,1-2H3. The molecule has 3 aromatic carbocycles. The topological polar surface area (TPSA) is 52.7 Å². The summed E-state index contributed by atoms with van der Waals surface area (Å²) in [4.78, 5) is 7.08. The summed E-state index contributed by atoms with van der Waals surface area (Å²) in [5, 5.41) is 3.56. The lowest BCUT2D eigenvalue weighted by molar-refractivity contribution is -0.318. The Bertz CT molecular complexity index is 3050. The van der Waals surface area contributed by atoms with Crippen molar-refractivity contribution >= 4 is 57.7 Å². The smallest absolute Gasteiger partial charge is 0.456 e. The minimum absolute atomic E-state index is 0.400. The number of benzene rings is 3. The molecule has 10 rings (SSSR count). The van der Waals surface area contributed by atoms with E-state index in [1.54, 1.807) is 12.1 Å². The molecule has 0 atom stereocenters. The molecule has 0 amide bonds. The van der Waals surface area contributed by atoms with Crippen molar-refractivity contribution < 1.29 is 17.5 Å². The number of halogens is 3. The van der Waals surface area contributed by atoms with E-state index in [1.807, 2.05) is 72.8 Å². The van der Waals surface area contributed by atoms with Crippen LogP contribution in [0, 0.1) is 28.1 Å². The summed E-state index contributed by atoms with van der Waals surface area (Å²) >= 11 is 2.27. The summed E-state index contributed by atoms with van der Waals surface area (Å²) in [6.07, 6.45) is 3.62. The van der Waals surface area contributed by atoms with Gasteiger partial charge in [0.05, 0.1) is 21.6 Å². The molecule has 2 N–H and O–H groups in total. The highest BCUT2D eigenvalue weighted by molar-refractivity contribution is 14.1. The van der Waals surface area contributed by atoms with Gasteiger partial charge in [-0.2, -0.15) is 0 Å². The Kier molecular flexibility index (Phi) is 6.83. The first-order valence-electron chi connectivity index (χ1n) is 17.2. The molecule has 52 heavy (non-hydrogen) atoms. The number of aromatic nitrogens is 3. The molecule has 0 saturated heterocycles. The minimum Gasteiger partial charge on any atom is -0.456 e. The first-order chi connectivity index (χ1) is 25.2. The number of fused-ring (bicyclic) bond motifs is 6. The molecular weight excluding hydrogens is 764 g/mol. The predicted molar refractivity (Wildman–Crippen MR) is 209 cm³/mol. The summed E-state index contributed by atoms with van der Waals surface area (Å²) in [5.74, 6) is 1.32. The molecule has 3 aliphatic rings. The van der Waals surface area contributed by atoms with Gasteiger partial charge in [0.15, 0.2) is 11.4 Å². The number of nitrogens with one attached hydrogen (secondary N) is 2. The van der Waals surface area contributed by atoms with Gasteiger partial charge in [-0.05, 0) is 114 Å². The number of hydrogen-bond donors (Lipinski definition) is 2. The third-order valence-corrected chi connectivity index (χ3v) is 11.1. The van der Waals surface area contributed by atoms with Crippen molar-refractivity contribution in [2.75, 3.05) is 0 Å². The van der Waals surface area contributed by atoms with E-state index in [0.29, 0.717) is 44.3 Å². The number of aromatic amines is 2. The number of rotatable bonds is 3. The second-order valence-electron chi connectivity index (χ2n) is 13.6. The molecule has 3 aliphatic heterocycles. The van der Waals surface area contributed by atoms with E-state index in [-0.39, 0.29) is 0 Å². The largest absolute Gasteiger partial charge is 0.738 e. The summed E-state index contributed by atoms with van der Waals surface area (Å²) < 4.78 is 45.4. The highest BCUT2D eigenvalue weighted by atomic mass is 127. The van der Waals surface area contributed by atoms with Crippen molar-refractivity contribution in [3.8, 4) is 0 Å². The highest BCUT2D eigenvalue weighted by Crippen LogP contribution is 2.32. The van der Waals surface area contributed by atoms with Gasteiger partial charge in [-0.25, -0.2) is 0 Å². The summed E-state index contributed by atoms with van der Waals surface area (Å²) in [6, 6.07) is 39.9. The molecular formula is C43H30BF2IN4O. The molecule has 0 unspecified atom stereocenters. The maximum atomic E-state index is 17.5. The highest BCUT2D eigenvalue weighted by Gasteiger charge is 2.53. The second kappa shape index (κ2) is 11.4. The van der Waals surface area contributed by atoms with Crippen LogP contribution in [0.15, 0.2) is 138 Å². The molecule has 5 nitrogen and oxygen atoms in total. The van der Waals surface area contributed by atoms with Gasteiger partial charge in [-0.1, -0.05) is 71.8 Å². The fourth-order valence-electron chi connectivity index (χ4n) is 7.86. The van der Waals surface area contributed by atoms with Crippen molar-refractivity contribution in [2.24, 2.45) is 0 Å². The Labute approximate surface area is 310 Å². The zero-order chi connectivity index (χ0) is 35.3. The van der Waals surface area contributed by atoms with E-state index < -0.39 is 6.97 Å². The Morgan fingerprint density at radius 3 is 1.67 bits per heavy atom. The molecule has 0 spiro atoms. The van der Waals surface area contributed by atoms with Crippen LogP contribution in [0.2, 0.25) is 0 Å². The molecule has 252 valence electrons. The number of nitrogens with zero attached hydrogens (tertiary/aromatic N) is 2. The molecule has 0 radical (unpaired) electrons. The second-order valence-corrected chi connectivity index (χ2v) is 14.9. The molecule has 0 fully saturated rings. The number of allylic oxidation sites excluding steroid dienone is 1.